The van der Waals surface area contributed by atoms with Crippen molar-refractivity contribution in [2.45, 2.75) is 55.2 Å². The number of allylic oxidation sites excluding steroid dienone is 1. The molecule has 1 amide bonds. The minimum absolute atomic E-state index is 0.0406. The quantitative estimate of drug-likeness (QED) is 0.134. The maximum Gasteiger partial charge on any atom is 0.269 e. The van der Waals surface area contributed by atoms with Crippen molar-refractivity contribution in [1.29, 1.82) is 0 Å². The lowest BCUT2D eigenvalue weighted by atomic mass is 9.90. The van der Waals surface area contributed by atoms with E-state index >= 15 is 0 Å². The maximum absolute atomic E-state index is 13.3. The molecule has 1 heterocycles. The number of nitro benzene ring substituents is 1. The number of hydrogen-bond acceptors (Lipinski definition) is 7. The summed E-state index contributed by atoms with van der Waals surface area (Å²) in [6, 6.07) is 24.7. The van der Waals surface area contributed by atoms with Crippen LogP contribution in [0.5, 0.6) is 0 Å². The molecule has 9 nitrogen and oxygen atoms in total. The Morgan fingerprint density at radius 2 is 1.61 bits per heavy atom. The fourth-order valence-electron chi connectivity index (χ4n) is 5.75. The summed E-state index contributed by atoms with van der Waals surface area (Å²) in [6.07, 6.45) is 5.98. The Morgan fingerprint density at radius 3 is 2.20 bits per heavy atom. The lowest BCUT2D eigenvalue weighted by Gasteiger charge is -2.32. The van der Waals surface area contributed by atoms with E-state index in [1.165, 1.54) is 17.0 Å². The third kappa shape index (κ3) is 9.24. The van der Waals surface area contributed by atoms with E-state index in [4.69, 9.17) is 0 Å². The van der Waals surface area contributed by atoms with E-state index in [-0.39, 0.29) is 24.7 Å². The summed E-state index contributed by atoms with van der Waals surface area (Å²) < 4.78 is 26.5. The number of carboxylic acid groups (broad SMARTS) is 1. The van der Waals surface area contributed by atoms with Gasteiger partial charge in [0.1, 0.15) is 6.09 Å². The molecule has 0 N–H and O–H groups in total. The monoisotopic (exact) mass is 618 g/mol. The average Bonchev–Trinajstić information content (AvgIpc) is 3.04. The molecule has 44 heavy (non-hydrogen) atoms. The van der Waals surface area contributed by atoms with Crippen molar-refractivity contribution in [3.63, 3.8) is 0 Å². The summed E-state index contributed by atoms with van der Waals surface area (Å²) >= 11 is 0. The number of amides is 1. The summed E-state index contributed by atoms with van der Waals surface area (Å²) in [7, 11) is -3.43. The summed E-state index contributed by atoms with van der Waals surface area (Å²) in [6.45, 7) is 4.80. The van der Waals surface area contributed by atoms with Gasteiger partial charge in [0.2, 0.25) is 0 Å². The van der Waals surface area contributed by atoms with Crippen LogP contribution in [0.25, 0.3) is 0 Å². The second-order valence-electron chi connectivity index (χ2n) is 11.5. The van der Waals surface area contributed by atoms with E-state index in [1.807, 2.05) is 37.3 Å². The number of piperidine rings is 1. The number of rotatable bonds is 14. The second-order valence-corrected chi connectivity index (χ2v) is 13.8. The number of likely N-dealkylation sites (tertiary alicyclic amines) is 1. The number of benzene rings is 3. The third-order valence-electron chi connectivity index (χ3n) is 8.43. The predicted octanol–water partition coefficient (Wildman–Crippen LogP) is 5.43. The third-order valence-corrected chi connectivity index (χ3v) is 10.6. The molecule has 1 saturated heterocycles. The predicted molar refractivity (Wildman–Crippen MR) is 169 cm³/mol. The largest absolute Gasteiger partial charge is 0.530 e. The van der Waals surface area contributed by atoms with E-state index in [9.17, 15) is 28.4 Å². The normalized spacial score (nSPS) is 16.0. The molecule has 10 heteroatoms. The van der Waals surface area contributed by atoms with Crippen molar-refractivity contribution in [2.24, 2.45) is 5.92 Å². The highest BCUT2D eigenvalue weighted by molar-refractivity contribution is 7.92. The Labute approximate surface area is 259 Å². The number of carbonyl (C=O) groups is 1. The minimum Gasteiger partial charge on any atom is -0.530 e. The van der Waals surface area contributed by atoms with Crippen molar-refractivity contribution >= 4 is 21.6 Å². The molecule has 3 aromatic carbocycles. The average molecular weight is 619 g/mol. The molecular weight excluding hydrogens is 578 g/mol. The fourth-order valence-corrected chi connectivity index (χ4v) is 7.24. The maximum atomic E-state index is 13.3. The first-order valence-corrected chi connectivity index (χ1v) is 16.6. The van der Waals surface area contributed by atoms with Gasteiger partial charge in [0, 0.05) is 25.2 Å². The van der Waals surface area contributed by atoms with Gasteiger partial charge in [-0.05, 0) is 87.3 Å². The van der Waals surface area contributed by atoms with Gasteiger partial charge in [-0.15, -0.1) is 0 Å². The van der Waals surface area contributed by atoms with Gasteiger partial charge in [0.05, 0.1) is 15.1 Å². The molecule has 0 spiro atoms. The molecule has 0 saturated carbocycles. The molecule has 0 radical (unpaired) electrons. The van der Waals surface area contributed by atoms with Crippen LogP contribution in [0.4, 0.5) is 10.5 Å². The Hall–Kier alpha value is -4.02. The van der Waals surface area contributed by atoms with Crippen LogP contribution in [0.15, 0.2) is 102 Å². The molecule has 0 aromatic heterocycles. The van der Waals surface area contributed by atoms with Crippen molar-refractivity contribution in [1.82, 2.24) is 9.80 Å². The van der Waals surface area contributed by atoms with Crippen molar-refractivity contribution in [3.8, 4) is 0 Å². The molecule has 1 fully saturated rings. The second kappa shape index (κ2) is 15.6. The Bertz CT molecular complexity index is 1490. The van der Waals surface area contributed by atoms with Gasteiger partial charge in [0.15, 0.2) is 9.84 Å². The van der Waals surface area contributed by atoms with Gasteiger partial charge in [-0.25, -0.2) is 8.42 Å². The summed E-state index contributed by atoms with van der Waals surface area (Å²) in [5.74, 6) is 0.462. The van der Waals surface area contributed by atoms with Crippen molar-refractivity contribution < 1.29 is 23.2 Å². The molecule has 234 valence electrons. The smallest absolute Gasteiger partial charge is 0.269 e. The number of nitro groups is 1. The van der Waals surface area contributed by atoms with Gasteiger partial charge < -0.3 is 19.7 Å². The first-order valence-electron chi connectivity index (χ1n) is 15.1. The summed E-state index contributed by atoms with van der Waals surface area (Å²) in [5, 5.41) is 22.0. The number of non-ortho nitro benzene ring substituents is 1. The zero-order valence-corrected chi connectivity index (χ0v) is 25.8. The number of sulfone groups is 1. The molecule has 0 aliphatic carbocycles. The van der Waals surface area contributed by atoms with Crippen LogP contribution < -0.4 is 5.11 Å². The Balaban J connectivity index is 1.27. The van der Waals surface area contributed by atoms with Crippen LogP contribution in [0, 0.1) is 16.0 Å². The highest BCUT2D eigenvalue weighted by atomic mass is 32.2. The Kier molecular flexibility index (Phi) is 11.7. The van der Waals surface area contributed by atoms with Crippen LogP contribution in [-0.4, -0.2) is 60.7 Å². The van der Waals surface area contributed by atoms with Gasteiger partial charge >= 0.3 is 0 Å². The molecular formula is C34H40N3O6S-. The highest BCUT2D eigenvalue weighted by Crippen LogP contribution is 2.30. The molecule has 1 aliphatic heterocycles. The van der Waals surface area contributed by atoms with Gasteiger partial charge in [-0.2, -0.15) is 0 Å². The molecule has 1 aliphatic rings. The van der Waals surface area contributed by atoms with Gasteiger partial charge in [0.25, 0.3) is 5.69 Å². The molecule has 3 aromatic rings. The van der Waals surface area contributed by atoms with E-state index in [1.54, 1.807) is 36.4 Å². The first-order chi connectivity index (χ1) is 21.1. The molecule has 4 rings (SSSR count). The van der Waals surface area contributed by atoms with E-state index in [0.717, 1.165) is 44.5 Å². The van der Waals surface area contributed by atoms with E-state index in [0.29, 0.717) is 22.8 Å². The lowest BCUT2D eigenvalue weighted by Crippen LogP contribution is -2.40. The number of carbonyl (C=O) groups excluding carboxylic acids is 1. The lowest BCUT2D eigenvalue weighted by molar-refractivity contribution is -0.384. The molecule has 2 atom stereocenters. The van der Waals surface area contributed by atoms with E-state index in [2.05, 4.69) is 23.1 Å². The minimum atomic E-state index is -3.43. The summed E-state index contributed by atoms with van der Waals surface area (Å²) in [4.78, 5) is 26.0. The van der Waals surface area contributed by atoms with Crippen LogP contribution in [-0.2, 0) is 16.4 Å². The number of hydrogen-bond donors (Lipinski definition) is 0. The van der Waals surface area contributed by atoms with Crippen LogP contribution in [0.3, 0.4) is 0 Å². The standard InChI is InChI=1S/C34H41N3O6S/c1-27(44(42,43)33-12-6-3-7-13-33)25-31(30-10-4-2-5-11-30)20-24-35-22-18-28(19-23-35)9-8-21-36(34(38)39)26-29-14-16-32(17-15-29)37(40)41/h2-17,27-28,31H,18-26H2,1H3,(H,38,39)/p-1/t27-,31+/m1/s1. The molecule has 0 bridgehead atoms. The van der Waals surface area contributed by atoms with E-state index < -0.39 is 26.1 Å². The SMILES string of the molecule is C[C@H](C[C@H](CCN1CCC(C=CCN(Cc2ccc([N+](=O)[O-])cc2)C(=O)[O-])CC1)c1ccccc1)S(=O)(=O)c1ccccc1. The van der Waals surface area contributed by atoms with Crippen molar-refractivity contribution in [3.05, 3.63) is 118 Å². The Morgan fingerprint density at radius 1 is 1.00 bits per heavy atom. The topological polar surface area (TPSA) is 124 Å². The van der Waals surface area contributed by atoms with Gasteiger partial charge in [-0.3, -0.25) is 10.1 Å². The zero-order valence-electron chi connectivity index (χ0n) is 25.0. The summed E-state index contributed by atoms with van der Waals surface area (Å²) in [5.41, 5.74) is 1.77. The van der Waals surface area contributed by atoms with Crippen molar-refractivity contribution in [2.75, 3.05) is 26.2 Å². The molecule has 0 unspecified atom stereocenters. The fraction of sp³-hybridized carbons (Fsp3) is 0.382. The number of nitrogens with zero attached hydrogens (tertiary/aromatic N) is 3. The first kappa shape index (κ1) is 32.9. The van der Waals surface area contributed by atoms with Gasteiger partial charge in [-0.1, -0.05) is 72.8 Å². The van der Waals surface area contributed by atoms with Crippen LogP contribution in [0.2, 0.25) is 0 Å². The van der Waals surface area contributed by atoms with Crippen LogP contribution in [0.1, 0.15) is 49.7 Å². The van der Waals surface area contributed by atoms with Crippen LogP contribution >= 0.6 is 0 Å². The highest BCUT2D eigenvalue weighted by Gasteiger charge is 2.28. The zero-order chi connectivity index (χ0) is 31.5.